The zero-order chi connectivity index (χ0) is 26.5. The summed E-state index contributed by atoms with van der Waals surface area (Å²) in [6, 6.07) is 16.1. The van der Waals surface area contributed by atoms with Crippen LogP contribution in [0.4, 0.5) is 11.4 Å². The van der Waals surface area contributed by atoms with Crippen molar-refractivity contribution in [3.05, 3.63) is 93.0 Å². The Balaban J connectivity index is 1.91. The summed E-state index contributed by atoms with van der Waals surface area (Å²) in [6.45, 7) is 3.47. The van der Waals surface area contributed by atoms with Gasteiger partial charge in [0.1, 0.15) is 16.5 Å². The predicted octanol–water partition coefficient (Wildman–Crippen LogP) is 4.53. The van der Waals surface area contributed by atoms with Crippen molar-refractivity contribution in [3.63, 3.8) is 0 Å². The van der Waals surface area contributed by atoms with Gasteiger partial charge in [0, 0.05) is 12.1 Å². The summed E-state index contributed by atoms with van der Waals surface area (Å²) in [6.07, 6.45) is 1.23. The third kappa shape index (κ3) is 6.05. The molecule has 184 valence electrons. The average molecular weight is 508 g/mol. The second-order valence-electron chi connectivity index (χ2n) is 7.64. The molecule has 10 nitrogen and oxygen atoms in total. The lowest BCUT2D eigenvalue weighted by molar-refractivity contribution is -0.384. The van der Waals surface area contributed by atoms with E-state index < -0.39 is 20.9 Å². The van der Waals surface area contributed by atoms with E-state index in [0.717, 1.165) is 5.56 Å². The fourth-order valence-electron chi connectivity index (χ4n) is 3.08. The molecule has 0 aliphatic rings. The number of non-ortho nitro benzene ring substituents is 1. The van der Waals surface area contributed by atoms with Gasteiger partial charge in [-0.2, -0.15) is 13.7 Å². The monoisotopic (exact) mass is 507 g/mol. The maximum atomic E-state index is 12.7. The second-order valence-corrected chi connectivity index (χ2v) is 9.19. The van der Waals surface area contributed by atoms with Crippen LogP contribution in [0, 0.1) is 35.3 Å². The van der Waals surface area contributed by atoms with E-state index in [1.807, 2.05) is 6.92 Å². The van der Waals surface area contributed by atoms with E-state index in [-0.39, 0.29) is 38.9 Å². The quantitative estimate of drug-likeness (QED) is 0.154. The Morgan fingerprint density at radius 3 is 2.36 bits per heavy atom. The fourth-order valence-corrected chi connectivity index (χ4v) is 4.01. The number of aryl methyl sites for hydroxylation is 2. The highest BCUT2D eigenvalue weighted by atomic mass is 32.2. The number of benzene rings is 3. The number of hydrogen-bond donors (Lipinski definition) is 1. The number of nitriles is 1. The standard InChI is InChI=1S/C25H21N3O7S/c1-16-4-9-21(10-5-16)36(32,33)35-24-13-18(7-11-23(24)34-3)12-19(15-26)25(29)27-22-14-20(28(30)31)8-6-17(22)2/h4-14H,1-3H3,(H,27,29)/b19-12+. The molecule has 0 unspecified atom stereocenters. The number of carbonyl (C=O) groups is 1. The molecule has 0 aliphatic heterocycles. The molecule has 0 aromatic heterocycles. The van der Waals surface area contributed by atoms with Gasteiger partial charge in [0.2, 0.25) is 0 Å². The number of hydrogen-bond acceptors (Lipinski definition) is 8. The van der Waals surface area contributed by atoms with E-state index in [9.17, 15) is 28.6 Å². The Morgan fingerprint density at radius 2 is 1.75 bits per heavy atom. The molecule has 0 saturated carbocycles. The van der Waals surface area contributed by atoms with Gasteiger partial charge in [0.05, 0.1) is 17.7 Å². The zero-order valence-corrected chi connectivity index (χ0v) is 20.3. The van der Waals surface area contributed by atoms with Crippen LogP contribution >= 0.6 is 0 Å². The minimum atomic E-state index is -4.19. The van der Waals surface area contributed by atoms with Crippen molar-refractivity contribution < 1.29 is 27.1 Å². The third-order valence-corrected chi connectivity index (χ3v) is 6.30. The van der Waals surface area contributed by atoms with Crippen LogP contribution in [0.3, 0.4) is 0 Å². The molecule has 0 saturated heterocycles. The number of nitrogens with zero attached hydrogens (tertiary/aromatic N) is 2. The van der Waals surface area contributed by atoms with Gasteiger partial charge in [-0.05, 0) is 55.3 Å². The van der Waals surface area contributed by atoms with Gasteiger partial charge in [-0.3, -0.25) is 14.9 Å². The van der Waals surface area contributed by atoms with E-state index in [1.54, 1.807) is 25.1 Å². The lowest BCUT2D eigenvalue weighted by Gasteiger charge is -2.12. The number of rotatable bonds is 8. The van der Waals surface area contributed by atoms with Crippen LogP contribution in [0.2, 0.25) is 0 Å². The normalized spacial score (nSPS) is 11.3. The van der Waals surface area contributed by atoms with Crippen LogP contribution in [0.1, 0.15) is 16.7 Å². The molecule has 0 fully saturated rings. The van der Waals surface area contributed by atoms with Crippen molar-refractivity contribution in [2.45, 2.75) is 18.7 Å². The molecule has 0 aliphatic carbocycles. The van der Waals surface area contributed by atoms with Crippen molar-refractivity contribution in [2.75, 3.05) is 12.4 Å². The Kier molecular flexibility index (Phi) is 7.71. The lowest BCUT2D eigenvalue weighted by Crippen LogP contribution is -2.14. The summed E-state index contributed by atoms with van der Waals surface area (Å²) in [4.78, 5) is 23.1. The van der Waals surface area contributed by atoms with E-state index in [4.69, 9.17) is 8.92 Å². The zero-order valence-electron chi connectivity index (χ0n) is 19.5. The third-order valence-electron chi connectivity index (χ3n) is 5.05. The first kappa shape index (κ1) is 25.9. The molecule has 0 radical (unpaired) electrons. The molecule has 0 bridgehead atoms. The van der Waals surface area contributed by atoms with E-state index >= 15 is 0 Å². The smallest absolute Gasteiger partial charge is 0.339 e. The molecule has 0 heterocycles. The number of anilines is 1. The highest BCUT2D eigenvalue weighted by molar-refractivity contribution is 7.87. The van der Waals surface area contributed by atoms with E-state index in [0.29, 0.717) is 5.56 Å². The van der Waals surface area contributed by atoms with Gasteiger partial charge in [0.15, 0.2) is 11.5 Å². The molecular weight excluding hydrogens is 486 g/mol. The first-order chi connectivity index (χ1) is 17.0. The molecule has 1 N–H and O–H groups in total. The number of nitro groups is 1. The number of carbonyl (C=O) groups excluding carboxylic acids is 1. The molecule has 36 heavy (non-hydrogen) atoms. The van der Waals surface area contributed by atoms with Crippen LogP contribution in [-0.4, -0.2) is 26.4 Å². The van der Waals surface area contributed by atoms with Crippen LogP contribution in [0.15, 0.2) is 71.1 Å². The SMILES string of the molecule is COc1ccc(/C=C(\C#N)C(=O)Nc2cc([N+](=O)[O-])ccc2C)cc1OS(=O)(=O)c1ccc(C)cc1. The predicted molar refractivity (Wildman–Crippen MR) is 132 cm³/mol. The summed E-state index contributed by atoms with van der Waals surface area (Å²) in [5, 5.41) is 23.1. The minimum Gasteiger partial charge on any atom is -0.493 e. The molecule has 3 aromatic carbocycles. The Morgan fingerprint density at radius 1 is 1.06 bits per heavy atom. The fraction of sp³-hybridized carbons (Fsp3) is 0.120. The summed E-state index contributed by atoms with van der Waals surface area (Å²) in [5.41, 5.74) is 1.36. The maximum Gasteiger partial charge on any atom is 0.339 e. The summed E-state index contributed by atoms with van der Waals surface area (Å²) < 4.78 is 35.9. The second kappa shape index (κ2) is 10.7. The highest BCUT2D eigenvalue weighted by Gasteiger charge is 2.20. The van der Waals surface area contributed by atoms with Gasteiger partial charge >= 0.3 is 10.1 Å². The summed E-state index contributed by atoms with van der Waals surface area (Å²) in [7, 11) is -2.85. The van der Waals surface area contributed by atoms with Crippen molar-refractivity contribution in [1.29, 1.82) is 5.26 Å². The van der Waals surface area contributed by atoms with E-state index in [1.165, 1.54) is 61.7 Å². The minimum absolute atomic E-state index is 0.0551. The number of nitrogens with one attached hydrogen (secondary N) is 1. The van der Waals surface area contributed by atoms with Gasteiger partial charge in [-0.15, -0.1) is 0 Å². The van der Waals surface area contributed by atoms with Gasteiger partial charge in [0.25, 0.3) is 11.6 Å². The van der Waals surface area contributed by atoms with Crippen LogP contribution in [0.25, 0.3) is 6.08 Å². The maximum absolute atomic E-state index is 12.7. The Hall–Kier alpha value is -4.69. The molecule has 11 heteroatoms. The van der Waals surface area contributed by atoms with Gasteiger partial charge < -0.3 is 14.2 Å². The first-order valence-corrected chi connectivity index (χ1v) is 11.8. The van der Waals surface area contributed by atoms with Crippen molar-refractivity contribution in [1.82, 2.24) is 0 Å². The number of methoxy groups -OCH3 is 1. The van der Waals surface area contributed by atoms with E-state index in [2.05, 4.69) is 5.32 Å². The molecule has 1 amide bonds. The number of ether oxygens (including phenoxy) is 1. The van der Waals surface area contributed by atoms with Gasteiger partial charge in [-0.1, -0.05) is 29.8 Å². The summed E-state index contributed by atoms with van der Waals surface area (Å²) >= 11 is 0. The Labute approximate surface area is 207 Å². The molecule has 0 spiro atoms. The number of nitro benzene ring substituents is 1. The molecule has 0 atom stereocenters. The number of amides is 1. The largest absolute Gasteiger partial charge is 0.493 e. The van der Waals surface area contributed by atoms with Crippen LogP contribution in [0.5, 0.6) is 11.5 Å². The molecule has 3 aromatic rings. The van der Waals surface area contributed by atoms with Gasteiger partial charge in [-0.25, -0.2) is 0 Å². The first-order valence-electron chi connectivity index (χ1n) is 10.4. The highest BCUT2D eigenvalue weighted by Crippen LogP contribution is 2.32. The van der Waals surface area contributed by atoms with Crippen LogP contribution in [-0.2, 0) is 14.9 Å². The van der Waals surface area contributed by atoms with Crippen molar-refractivity contribution >= 4 is 33.5 Å². The topological polar surface area (TPSA) is 149 Å². The average Bonchev–Trinajstić information content (AvgIpc) is 2.83. The van der Waals surface area contributed by atoms with Crippen LogP contribution < -0.4 is 14.2 Å². The lowest BCUT2D eigenvalue weighted by atomic mass is 10.1. The summed E-state index contributed by atoms with van der Waals surface area (Å²) in [5.74, 6) is -0.816. The Bertz CT molecular complexity index is 1510. The van der Waals surface area contributed by atoms with Crippen molar-refractivity contribution in [3.8, 4) is 17.6 Å². The molecule has 3 rings (SSSR count). The molecular formula is C25H21N3O7S. The van der Waals surface area contributed by atoms with Crippen molar-refractivity contribution in [2.24, 2.45) is 0 Å².